The first-order chi connectivity index (χ1) is 7.72. The van der Waals surface area contributed by atoms with E-state index in [2.05, 4.69) is 27.7 Å². The molecule has 0 bridgehead atoms. The number of hydrogen-bond acceptors (Lipinski definition) is 2. The molecule has 0 aliphatic heterocycles. The second-order valence-corrected chi connectivity index (χ2v) is 8.06. The van der Waals surface area contributed by atoms with Crippen LogP contribution < -0.4 is 0 Å². The van der Waals surface area contributed by atoms with E-state index in [4.69, 9.17) is 0 Å². The average Bonchev–Trinajstić information content (AvgIpc) is 2.81. The minimum Gasteiger partial charge on any atom is -0.393 e. The first-order valence-electron chi connectivity index (χ1n) is 7.08. The lowest BCUT2D eigenvalue weighted by molar-refractivity contribution is 0.0189. The van der Waals surface area contributed by atoms with Crippen LogP contribution in [0.2, 0.25) is 0 Å². The van der Waals surface area contributed by atoms with Crippen molar-refractivity contribution in [1.29, 1.82) is 0 Å². The van der Waals surface area contributed by atoms with Crippen LogP contribution in [0.1, 0.15) is 53.4 Å². The quantitative estimate of drug-likeness (QED) is 0.681. The zero-order chi connectivity index (χ0) is 12.6. The van der Waals surface area contributed by atoms with Gasteiger partial charge in [-0.1, -0.05) is 27.7 Å². The molecule has 0 saturated heterocycles. The van der Waals surface area contributed by atoms with Gasteiger partial charge in [0.1, 0.15) is 0 Å². The van der Waals surface area contributed by atoms with Crippen LogP contribution in [0, 0.1) is 28.1 Å². The molecule has 0 heterocycles. The lowest BCUT2D eigenvalue weighted by Gasteiger charge is -2.38. The van der Waals surface area contributed by atoms with E-state index < -0.39 is 0 Å². The van der Waals surface area contributed by atoms with Crippen molar-refractivity contribution in [3.05, 3.63) is 0 Å². The van der Waals surface area contributed by atoms with Crippen LogP contribution in [0.25, 0.3) is 0 Å². The summed E-state index contributed by atoms with van der Waals surface area (Å²) < 4.78 is 0. The zero-order valence-corrected chi connectivity index (χ0v) is 11.5. The molecule has 3 aliphatic carbocycles. The Morgan fingerprint density at radius 2 is 1.53 bits per heavy atom. The molecule has 0 aromatic rings. The fraction of sp³-hybridized carbons (Fsp3) is 1.00. The lowest BCUT2D eigenvalue weighted by Crippen LogP contribution is -2.36. The van der Waals surface area contributed by atoms with Crippen molar-refractivity contribution in [3.8, 4) is 0 Å². The molecule has 3 saturated carbocycles. The Labute approximate surface area is 104 Å². The molecule has 2 nitrogen and oxygen atoms in total. The third-order valence-electron chi connectivity index (χ3n) is 6.50. The molecule has 0 spiro atoms. The largest absolute Gasteiger partial charge is 0.393 e. The standard InChI is InChI=1S/C15H26O2/c1-13(2)8-11(17)14(3)6-5-10(16)15(4)7-9(15)12(13)14/h9-12,16-17H,5-8H2,1-4H3/t9-,10-,11-,12+,14-,15-/m0/s1. The van der Waals surface area contributed by atoms with Crippen LogP contribution in [0.3, 0.4) is 0 Å². The number of aliphatic hydroxyl groups is 2. The second-order valence-electron chi connectivity index (χ2n) is 8.06. The summed E-state index contributed by atoms with van der Waals surface area (Å²) in [6, 6.07) is 0. The predicted octanol–water partition coefficient (Wildman–Crippen LogP) is 2.58. The average molecular weight is 238 g/mol. The van der Waals surface area contributed by atoms with E-state index in [-0.39, 0.29) is 28.5 Å². The van der Waals surface area contributed by atoms with Gasteiger partial charge in [0.2, 0.25) is 0 Å². The van der Waals surface area contributed by atoms with E-state index in [1.54, 1.807) is 0 Å². The molecule has 3 rings (SSSR count). The normalized spacial score (nSPS) is 60.4. The van der Waals surface area contributed by atoms with E-state index in [1.165, 1.54) is 0 Å². The molecule has 6 atom stereocenters. The van der Waals surface area contributed by atoms with Gasteiger partial charge in [-0.15, -0.1) is 0 Å². The van der Waals surface area contributed by atoms with Gasteiger partial charge in [0, 0.05) is 0 Å². The second kappa shape index (κ2) is 3.08. The van der Waals surface area contributed by atoms with Gasteiger partial charge in [0.15, 0.2) is 0 Å². The summed E-state index contributed by atoms with van der Waals surface area (Å²) in [4.78, 5) is 0. The minimum atomic E-state index is -0.183. The molecule has 2 heteroatoms. The highest BCUT2D eigenvalue weighted by atomic mass is 16.3. The predicted molar refractivity (Wildman–Crippen MR) is 67.5 cm³/mol. The van der Waals surface area contributed by atoms with Gasteiger partial charge in [-0.25, -0.2) is 0 Å². The van der Waals surface area contributed by atoms with Crippen LogP contribution >= 0.6 is 0 Å². The van der Waals surface area contributed by atoms with Crippen molar-refractivity contribution in [2.45, 2.75) is 65.6 Å². The molecule has 0 radical (unpaired) electrons. The Bertz CT molecular complexity index is 351. The Balaban J connectivity index is 2.03. The highest BCUT2D eigenvalue weighted by Crippen LogP contribution is 2.73. The molecule has 98 valence electrons. The van der Waals surface area contributed by atoms with Crippen LogP contribution in [-0.2, 0) is 0 Å². The molecular weight excluding hydrogens is 212 g/mol. The van der Waals surface area contributed by atoms with Crippen molar-refractivity contribution in [2.75, 3.05) is 0 Å². The number of fused-ring (bicyclic) bond motifs is 3. The molecule has 0 amide bonds. The summed E-state index contributed by atoms with van der Waals surface area (Å²) in [6.07, 6.45) is 3.60. The van der Waals surface area contributed by atoms with Gasteiger partial charge in [-0.05, 0) is 53.8 Å². The Kier molecular flexibility index (Phi) is 2.17. The fourth-order valence-corrected chi connectivity index (χ4v) is 5.36. The van der Waals surface area contributed by atoms with Gasteiger partial charge in [-0.3, -0.25) is 0 Å². The summed E-state index contributed by atoms with van der Waals surface area (Å²) in [5.41, 5.74) is 0.397. The lowest BCUT2D eigenvalue weighted by atomic mass is 9.66. The Morgan fingerprint density at radius 1 is 0.882 bits per heavy atom. The molecule has 0 unspecified atom stereocenters. The topological polar surface area (TPSA) is 40.5 Å². The molecule has 2 N–H and O–H groups in total. The maximum absolute atomic E-state index is 10.5. The van der Waals surface area contributed by atoms with E-state index in [0.717, 1.165) is 25.7 Å². The van der Waals surface area contributed by atoms with Crippen LogP contribution in [0.5, 0.6) is 0 Å². The summed E-state index contributed by atoms with van der Waals surface area (Å²) in [7, 11) is 0. The summed E-state index contributed by atoms with van der Waals surface area (Å²) in [5, 5.41) is 20.8. The summed E-state index contributed by atoms with van der Waals surface area (Å²) in [6.45, 7) is 9.12. The van der Waals surface area contributed by atoms with Crippen LogP contribution in [-0.4, -0.2) is 22.4 Å². The zero-order valence-electron chi connectivity index (χ0n) is 11.5. The van der Waals surface area contributed by atoms with Crippen molar-refractivity contribution in [3.63, 3.8) is 0 Å². The summed E-state index contributed by atoms with van der Waals surface area (Å²) in [5.74, 6) is 1.20. The fourth-order valence-electron chi connectivity index (χ4n) is 5.36. The van der Waals surface area contributed by atoms with Gasteiger partial charge < -0.3 is 10.2 Å². The van der Waals surface area contributed by atoms with E-state index >= 15 is 0 Å². The smallest absolute Gasteiger partial charge is 0.0601 e. The van der Waals surface area contributed by atoms with Crippen molar-refractivity contribution in [2.24, 2.45) is 28.1 Å². The van der Waals surface area contributed by atoms with Crippen molar-refractivity contribution >= 4 is 0 Å². The van der Waals surface area contributed by atoms with E-state index in [0.29, 0.717) is 11.8 Å². The summed E-state index contributed by atoms with van der Waals surface area (Å²) >= 11 is 0. The van der Waals surface area contributed by atoms with Crippen LogP contribution in [0.15, 0.2) is 0 Å². The third kappa shape index (κ3) is 1.34. The highest BCUT2D eigenvalue weighted by molar-refractivity contribution is 5.18. The minimum absolute atomic E-state index is 0.0312. The number of aliphatic hydroxyl groups excluding tert-OH is 2. The number of rotatable bonds is 0. The first kappa shape index (κ1) is 12.0. The molecule has 3 fully saturated rings. The molecule has 0 aromatic carbocycles. The van der Waals surface area contributed by atoms with Gasteiger partial charge in [-0.2, -0.15) is 0 Å². The third-order valence-corrected chi connectivity index (χ3v) is 6.50. The van der Waals surface area contributed by atoms with E-state index in [1.807, 2.05) is 0 Å². The number of hydrogen-bond donors (Lipinski definition) is 2. The monoisotopic (exact) mass is 238 g/mol. The van der Waals surface area contributed by atoms with Gasteiger partial charge >= 0.3 is 0 Å². The molecule has 3 aliphatic rings. The first-order valence-corrected chi connectivity index (χ1v) is 7.08. The maximum Gasteiger partial charge on any atom is 0.0601 e. The maximum atomic E-state index is 10.5. The van der Waals surface area contributed by atoms with Crippen LogP contribution in [0.4, 0.5) is 0 Å². The molecule has 0 aromatic heterocycles. The van der Waals surface area contributed by atoms with E-state index in [9.17, 15) is 10.2 Å². The Hall–Kier alpha value is -0.0800. The molecular formula is C15H26O2. The highest BCUT2D eigenvalue weighted by Gasteiger charge is 2.69. The van der Waals surface area contributed by atoms with Crippen molar-refractivity contribution < 1.29 is 10.2 Å². The molecule has 17 heavy (non-hydrogen) atoms. The SMILES string of the molecule is CC1(C)C[C@H](O)[C@]2(C)CC[C@H](O)[C@@]3(C)C[C@H]3[C@H]12. The van der Waals surface area contributed by atoms with Gasteiger partial charge in [0.25, 0.3) is 0 Å². The van der Waals surface area contributed by atoms with Gasteiger partial charge in [0.05, 0.1) is 12.2 Å². The van der Waals surface area contributed by atoms with Crippen molar-refractivity contribution in [1.82, 2.24) is 0 Å². The Morgan fingerprint density at radius 3 is 2.18 bits per heavy atom.